The molecule has 0 fully saturated rings. The van der Waals surface area contributed by atoms with Gasteiger partial charge in [0.25, 0.3) is 0 Å². The smallest absolute Gasteiger partial charge is 0.0898 e. The monoisotopic (exact) mass is 276 g/mol. The number of hydrogen-bond donors (Lipinski definition) is 1. The van der Waals surface area contributed by atoms with E-state index in [0.717, 1.165) is 39.9 Å². The third-order valence-electron chi connectivity index (χ3n) is 3.12. The molecule has 0 unspecified atom stereocenters. The lowest BCUT2D eigenvalue weighted by Crippen LogP contribution is -2.20. The van der Waals surface area contributed by atoms with Crippen LogP contribution in [0.4, 0.5) is 5.69 Å². The molecule has 4 nitrogen and oxygen atoms in total. The quantitative estimate of drug-likeness (QED) is 0.932. The summed E-state index contributed by atoms with van der Waals surface area (Å²) in [6, 6.07) is 2.09. The standard InChI is InChI=1S/C14H20N4S/c1-9-5-14(13(6-15)10(2)16-9)18(4)7-12-8-19-11(3)17-12/h5,8H,6-7,15H2,1-4H3. The second-order valence-electron chi connectivity index (χ2n) is 4.76. The Balaban J connectivity index is 2.30. The molecular weight excluding hydrogens is 256 g/mol. The summed E-state index contributed by atoms with van der Waals surface area (Å²) in [5.41, 5.74) is 11.2. The molecule has 2 aromatic rings. The molecule has 2 rings (SSSR count). The first kappa shape index (κ1) is 14.0. The number of hydrogen-bond acceptors (Lipinski definition) is 5. The van der Waals surface area contributed by atoms with Gasteiger partial charge in [-0.25, -0.2) is 4.98 Å². The number of anilines is 1. The van der Waals surface area contributed by atoms with Crippen molar-refractivity contribution in [1.29, 1.82) is 0 Å². The fourth-order valence-corrected chi connectivity index (χ4v) is 2.84. The topological polar surface area (TPSA) is 55.0 Å². The zero-order valence-corrected chi connectivity index (χ0v) is 12.7. The Kier molecular flexibility index (Phi) is 4.17. The Bertz CT molecular complexity index is 577. The third kappa shape index (κ3) is 3.11. The molecule has 0 saturated carbocycles. The molecule has 2 aromatic heterocycles. The molecule has 0 atom stereocenters. The van der Waals surface area contributed by atoms with Crippen molar-refractivity contribution in [3.05, 3.63) is 39.1 Å². The maximum absolute atomic E-state index is 5.86. The molecule has 19 heavy (non-hydrogen) atoms. The predicted molar refractivity (Wildman–Crippen MR) is 80.6 cm³/mol. The van der Waals surface area contributed by atoms with Crippen molar-refractivity contribution in [2.24, 2.45) is 5.73 Å². The van der Waals surface area contributed by atoms with Gasteiger partial charge in [-0.1, -0.05) is 0 Å². The van der Waals surface area contributed by atoms with Gasteiger partial charge in [0.05, 0.1) is 17.2 Å². The molecule has 0 amide bonds. The Morgan fingerprint density at radius 2 is 2.00 bits per heavy atom. The van der Waals surface area contributed by atoms with Crippen molar-refractivity contribution in [1.82, 2.24) is 9.97 Å². The summed E-state index contributed by atoms with van der Waals surface area (Å²) in [7, 11) is 2.07. The zero-order valence-electron chi connectivity index (χ0n) is 11.9. The molecule has 0 aliphatic rings. The number of thiazole rings is 1. The van der Waals surface area contributed by atoms with Gasteiger partial charge in [-0.2, -0.15) is 0 Å². The fraction of sp³-hybridized carbons (Fsp3) is 0.429. The van der Waals surface area contributed by atoms with Gasteiger partial charge in [-0.3, -0.25) is 4.98 Å². The fourth-order valence-electron chi connectivity index (χ4n) is 2.24. The van der Waals surface area contributed by atoms with Gasteiger partial charge in [0, 0.05) is 41.6 Å². The third-order valence-corrected chi connectivity index (χ3v) is 3.94. The number of aryl methyl sites for hydroxylation is 3. The Morgan fingerprint density at radius 3 is 2.58 bits per heavy atom. The number of aromatic nitrogens is 2. The zero-order chi connectivity index (χ0) is 14.0. The average Bonchev–Trinajstić information content (AvgIpc) is 2.73. The molecule has 0 saturated heterocycles. The highest BCUT2D eigenvalue weighted by atomic mass is 32.1. The number of pyridine rings is 1. The van der Waals surface area contributed by atoms with Crippen LogP contribution < -0.4 is 10.6 Å². The molecule has 0 aliphatic heterocycles. The van der Waals surface area contributed by atoms with Gasteiger partial charge in [0.1, 0.15) is 0 Å². The van der Waals surface area contributed by atoms with Crippen LogP contribution in [0, 0.1) is 20.8 Å². The minimum Gasteiger partial charge on any atom is -0.368 e. The van der Waals surface area contributed by atoms with Crippen molar-refractivity contribution < 1.29 is 0 Å². The summed E-state index contributed by atoms with van der Waals surface area (Å²) < 4.78 is 0. The summed E-state index contributed by atoms with van der Waals surface area (Å²) in [5, 5.41) is 3.21. The van der Waals surface area contributed by atoms with Crippen LogP contribution in [0.3, 0.4) is 0 Å². The van der Waals surface area contributed by atoms with Gasteiger partial charge in [-0.15, -0.1) is 11.3 Å². The van der Waals surface area contributed by atoms with E-state index in [1.54, 1.807) is 11.3 Å². The summed E-state index contributed by atoms with van der Waals surface area (Å²) in [5.74, 6) is 0. The molecular formula is C14H20N4S. The highest BCUT2D eigenvalue weighted by molar-refractivity contribution is 7.09. The average molecular weight is 276 g/mol. The molecule has 2 heterocycles. The van der Waals surface area contributed by atoms with Crippen LogP contribution in [-0.2, 0) is 13.1 Å². The van der Waals surface area contributed by atoms with Crippen molar-refractivity contribution >= 4 is 17.0 Å². The molecule has 0 aromatic carbocycles. The maximum atomic E-state index is 5.86. The lowest BCUT2D eigenvalue weighted by molar-refractivity contribution is 0.863. The van der Waals surface area contributed by atoms with E-state index in [2.05, 4.69) is 33.4 Å². The van der Waals surface area contributed by atoms with Crippen LogP contribution in [0.15, 0.2) is 11.4 Å². The van der Waals surface area contributed by atoms with Crippen molar-refractivity contribution in [2.45, 2.75) is 33.9 Å². The van der Waals surface area contributed by atoms with Gasteiger partial charge < -0.3 is 10.6 Å². The van der Waals surface area contributed by atoms with Gasteiger partial charge in [0.2, 0.25) is 0 Å². The van der Waals surface area contributed by atoms with E-state index < -0.39 is 0 Å². The molecule has 0 bridgehead atoms. The molecule has 0 radical (unpaired) electrons. The van der Waals surface area contributed by atoms with E-state index in [4.69, 9.17) is 5.73 Å². The van der Waals surface area contributed by atoms with Crippen LogP contribution in [-0.4, -0.2) is 17.0 Å². The van der Waals surface area contributed by atoms with E-state index in [9.17, 15) is 0 Å². The second-order valence-corrected chi connectivity index (χ2v) is 5.83. The molecule has 0 spiro atoms. The summed E-state index contributed by atoms with van der Waals surface area (Å²) in [6.07, 6.45) is 0. The normalized spacial score (nSPS) is 10.8. The van der Waals surface area contributed by atoms with Crippen molar-refractivity contribution in [3.8, 4) is 0 Å². The number of nitrogens with two attached hydrogens (primary N) is 1. The Labute approximate surface area is 118 Å². The minimum absolute atomic E-state index is 0.509. The SMILES string of the molecule is Cc1cc(N(C)Cc2csc(C)n2)c(CN)c(C)n1. The highest BCUT2D eigenvalue weighted by Gasteiger charge is 2.12. The number of rotatable bonds is 4. The van der Waals surface area contributed by atoms with E-state index >= 15 is 0 Å². The first-order chi connectivity index (χ1) is 9.01. The van der Waals surface area contributed by atoms with Gasteiger partial charge in [-0.05, 0) is 26.8 Å². The van der Waals surface area contributed by atoms with E-state index in [1.165, 1.54) is 0 Å². The molecule has 5 heteroatoms. The van der Waals surface area contributed by atoms with Crippen LogP contribution in [0.25, 0.3) is 0 Å². The van der Waals surface area contributed by atoms with Gasteiger partial charge in [0.15, 0.2) is 0 Å². The van der Waals surface area contributed by atoms with E-state index in [-0.39, 0.29) is 0 Å². The van der Waals surface area contributed by atoms with Crippen LogP contribution in [0.2, 0.25) is 0 Å². The van der Waals surface area contributed by atoms with Crippen molar-refractivity contribution in [2.75, 3.05) is 11.9 Å². The molecule has 2 N–H and O–H groups in total. The van der Waals surface area contributed by atoms with Crippen LogP contribution in [0.1, 0.15) is 27.7 Å². The minimum atomic E-state index is 0.509. The van der Waals surface area contributed by atoms with Crippen LogP contribution in [0.5, 0.6) is 0 Å². The van der Waals surface area contributed by atoms with Gasteiger partial charge >= 0.3 is 0 Å². The Morgan fingerprint density at radius 1 is 1.26 bits per heavy atom. The lowest BCUT2D eigenvalue weighted by Gasteiger charge is -2.22. The number of nitrogens with zero attached hydrogens (tertiary/aromatic N) is 3. The van der Waals surface area contributed by atoms with E-state index in [0.29, 0.717) is 6.54 Å². The first-order valence-corrected chi connectivity index (χ1v) is 7.18. The predicted octanol–water partition coefficient (Wildman–Crippen LogP) is 2.56. The maximum Gasteiger partial charge on any atom is 0.0898 e. The first-order valence-electron chi connectivity index (χ1n) is 6.30. The largest absolute Gasteiger partial charge is 0.368 e. The van der Waals surface area contributed by atoms with Crippen LogP contribution >= 0.6 is 11.3 Å². The van der Waals surface area contributed by atoms with Crippen molar-refractivity contribution in [3.63, 3.8) is 0 Å². The molecule has 102 valence electrons. The molecule has 0 aliphatic carbocycles. The lowest BCUT2D eigenvalue weighted by atomic mass is 10.1. The highest BCUT2D eigenvalue weighted by Crippen LogP contribution is 2.24. The second kappa shape index (κ2) is 5.67. The Hall–Kier alpha value is -1.46. The summed E-state index contributed by atoms with van der Waals surface area (Å²) >= 11 is 1.68. The summed E-state index contributed by atoms with van der Waals surface area (Å²) in [6.45, 7) is 7.35. The van der Waals surface area contributed by atoms with E-state index in [1.807, 2.05) is 20.8 Å². The summed E-state index contributed by atoms with van der Waals surface area (Å²) in [4.78, 5) is 11.2.